The van der Waals surface area contributed by atoms with Crippen molar-refractivity contribution in [2.24, 2.45) is 10.1 Å². The lowest BCUT2D eigenvalue weighted by atomic mass is 10.1. The van der Waals surface area contributed by atoms with Crippen LogP contribution in [0.2, 0.25) is 0 Å². The van der Waals surface area contributed by atoms with Crippen LogP contribution >= 0.6 is 0 Å². The zero-order valence-corrected chi connectivity index (χ0v) is 10.8. The molecule has 0 saturated heterocycles. The number of carboxylic acid groups (broad SMARTS) is 1. The molecular formula is C12H11F3N4O2. The number of alkyl halides is 3. The average Bonchev–Trinajstić information content (AvgIpc) is 2.39. The molecule has 0 unspecified atom stereocenters. The summed E-state index contributed by atoms with van der Waals surface area (Å²) in [4.78, 5) is 15.3. The molecule has 1 amide bonds. The van der Waals surface area contributed by atoms with E-state index in [2.05, 4.69) is 15.5 Å². The number of rotatable bonds is 1. The van der Waals surface area contributed by atoms with Crippen LogP contribution in [0.25, 0.3) is 0 Å². The number of halogens is 3. The van der Waals surface area contributed by atoms with E-state index >= 15 is 0 Å². The van der Waals surface area contributed by atoms with Crippen molar-refractivity contribution in [3.63, 3.8) is 0 Å². The first-order valence-electron chi connectivity index (χ1n) is 5.83. The number of nitrogens with one attached hydrogen (secondary N) is 1. The summed E-state index contributed by atoms with van der Waals surface area (Å²) in [6, 6.07) is 4.55. The minimum atomic E-state index is -4.48. The number of benzene rings is 1. The van der Waals surface area contributed by atoms with E-state index in [4.69, 9.17) is 5.11 Å². The van der Waals surface area contributed by atoms with Crippen LogP contribution in [0.15, 0.2) is 34.4 Å². The molecule has 0 saturated carbocycles. The van der Waals surface area contributed by atoms with Crippen LogP contribution in [0, 0.1) is 0 Å². The molecule has 2 N–H and O–H groups in total. The first-order valence-corrected chi connectivity index (χ1v) is 5.83. The van der Waals surface area contributed by atoms with Crippen LogP contribution in [0.1, 0.15) is 12.5 Å². The molecule has 112 valence electrons. The Kier molecular flexibility index (Phi) is 3.83. The van der Waals surface area contributed by atoms with Crippen LogP contribution in [-0.2, 0) is 6.18 Å². The number of carbonyl (C=O) groups is 1. The van der Waals surface area contributed by atoms with Gasteiger partial charge in [-0.15, -0.1) is 4.99 Å². The van der Waals surface area contributed by atoms with Crippen LogP contribution < -0.4 is 10.3 Å². The van der Waals surface area contributed by atoms with Gasteiger partial charge in [0, 0.05) is 5.69 Å². The Labute approximate surface area is 117 Å². The number of hydrogen-bond acceptors (Lipinski definition) is 2. The minimum absolute atomic E-state index is 0.139. The summed E-state index contributed by atoms with van der Waals surface area (Å²) >= 11 is 0. The summed E-state index contributed by atoms with van der Waals surface area (Å²) in [5, 5.41) is 12.5. The Hall–Kier alpha value is -2.58. The van der Waals surface area contributed by atoms with Gasteiger partial charge < -0.3 is 10.0 Å². The molecule has 1 heterocycles. The molecule has 0 spiro atoms. The van der Waals surface area contributed by atoms with Crippen LogP contribution in [0.4, 0.5) is 23.7 Å². The Morgan fingerprint density at radius 2 is 2.19 bits per heavy atom. The molecule has 1 aliphatic rings. The molecule has 2 rings (SSSR count). The van der Waals surface area contributed by atoms with Gasteiger partial charge in [-0.3, -0.25) is 0 Å². The third kappa shape index (κ3) is 3.50. The van der Waals surface area contributed by atoms with Gasteiger partial charge in [-0.05, 0) is 25.1 Å². The van der Waals surface area contributed by atoms with Gasteiger partial charge >= 0.3 is 12.3 Å². The third-order valence-corrected chi connectivity index (χ3v) is 2.68. The van der Waals surface area contributed by atoms with Crippen molar-refractivity contribution in [2.75, 3.05) is 11.4 Å². The maximum absolute atomic E-state index is 12.7. The number of hydrogen-bond donors (Lipinski definition) is 2. The summed E-state index contributed by atoms with van der Waals surface area (Å²) in [5.74, 6) is -0.146. The van der Waals surface area contributed by atoms with E-state index in [9.17, 15) is 18.0 Å². The third-order valence-electron chi connectivity index (χ3n) is 2.68. The fourth-order valence-electron chi connectivity index (χ4n) is 1.78. The lowest BCUT2D eigenvalue weighted by Crippen LogP contribution is -2.47. The minimum Gasteiger partial charge on any atom is -0.463 e. The number of anilines is 1. The number of amides is 1. The van der Waals surface area contributed by atoms with Gasteiger partial charge in [-0.1, -0.05) is 6.07 Å². The summed E-state index contributed by atoms with van der Waals surface area (Å²) in [6.07, 6.45) is -5.95. The number of nitrogens with zero attached hydrogens (tertiary/aromatic N) is 3. The Morgan fingerprint density at radius 3 is 2.81 bits per heavy atom. The SMILES string of the molecule is CC1=NN/C(=N\C(=O)O)N(c2cccc(C(F)(F)F)c2)C1. The number of hydrazone groups is 1. The average molecular weight is 300 g/mol. The maximum Gasteiger partial charge on any atom is 0.434 e. The van der Waals surface area contributed by atoms with Crippen molar-refractivity contribution < 1.29 is 23.1 Å². The fraction of sp³-hybridized carbons (Fsp3) is 0.250. The largest absolute Gasteiger partial charge is 0.463 e. The standard InChI is InChI=1S/C12H11F3N4O2/c1-7-6-19(10(18-17-7)16-11(20)21)9-4-2-3-8(5-9)12(13,14)15/h2-5H,6H2,1H3,(H,16,18)(H,20,21). The van der Waals surface area contributed by atoms with Gasteiger partial charge in [0.2, 0.25) is 5.96 Å². The van der Waals surface area contributed by atoms with Crippen molar-refractivity contribution in [1.29, 1.82) is 0 Å². The molecule has 0 bridgehead atoms. The van der Waals surface area contributed by atoms with Gasteiger partial charge in [0.15, 0.2) is 0 Å². The van der Waals surface area contributed by atoms with Crippen molar-refractivity contribution in [1.82, 2.24) is 5.43 Å². The first-order chi connectivity index (χ1) is 9.77. The molecule has 0 atom stereocenters. The molecule has 1 aromatic carbocycles. The van der Waals surface area contributed by atoms with Crippen LogP contribution in [-0.4, -0.2) is 29.4 Å². The smallest absolute Gasteiger partial charge is 0.434 e. The number of aliphatic imine (C=N–C) groups is 1. The molecule has 0 aromatic heterocycles. The zero-order chi connectivity index (χ0) is 15.6. The highest BCUT2D eigenvalue weighted by Gasteiger charge is 2.31. The molecule has 9 heteroatoms. The Morgan fingerprint density at radius 1 is 1.48 bits per heavy atom. The second kappa shape index (κ2) is 5.43. The fourth-order valence-corrected chi connectivity index (χ4v) is 1.78. The van der Waals surface area contributed by atoms with E-state index in [0.717, 1.165) is 12.1 Å². The van der Waals surface area contributed by atoms with Gasteiger partial charge in [0.1, 0.15) is 0 Å². The quantitative estimate of drug-likeness (QED) is 0.835. The Bertz CT molecular complexity index is 625. The second-order valence-electron chi connectivity index (χ2n) is 4.31. The summed E-state index contributed by atoms with van der Waals surface area (Å²) in [5.41, 5.74) is 2.34. The highest BCUT2D eigenvalue weighted by molar-refractivity contribution is 6.07. The number of guanidine groups is 1. The molecule has 1 aliphatic heterocycles. The lowest BCUT2D eigenvalue weighted by Gasteiger charge is -2.29. The normalized spacial score (nSPS) is 17.4. The van der Waals surface area contributed by atoms with Crippen molar-refractivity contribution in [2.45, 2.75) is 13.1 Å². The van der Waals surface area contributed by atoms with E-state index < -0.39 is 17.8 Å². The van der Waals surface area contributed by atoms with Crippen molar-refractivity contribution in [3.8, 4) is 0 Å². The molecule has 1 aromatic rings. The van der Waals surface area contributed by atoms with Crippen molar-refractivity contribution >= 4 is 23.5 Å². The highest BCUT2D eigenvalue weighted by Crippen LogP contribution is 2.31. The van der Waals surface area contributed by atoms with Gasteiger partial charge in [-0.2, -0.15) is 18.3 Å². The Balaban J connectivity index is 2.43. The van der Waals surface area contributed by atoms with E-state index in [1.165, 1.54) is 17.0 Å². The predicted molar refractivity (Wildman–Crippen MR) is 70.5 cm³/mol. The molecular weight excluding hydrogens is 289 g/mol. The molecule has 0 fully saturated rings. The van der Waals surface area contributed by atoms with E-state index in [1.807, 2.05) is 0 Å². The molecule has 0 aliphatic carbocycles. The van der Waals surface area contributed by atoms with Crippen molar-refractivity contribution in [3.05, 3.63) is 29.8 Å². The van der Waals surface area contributed by atoms with E-state index in [-0.39, 0.29) is 18.2 Å². The second-order valence-corrected chi connectivity index (χ2v) is 4.31. The maximum atomic E-state index is 12.7. The van der Waals surface area contributed by atoms with Gasteiger partial charge in [0.25, 0.3) is 0 Å². The van der Waals surface area contributed by atoms with E-state index in [1.54, 1.807) is 6.92 Å². The summed E-state index contributed by atoms with van der Waals surface area (Å²) in [6.45, 7) is 1.80. The molecule has 6 nitrogen and oxygen atoms in total. The van der Waals surface area contributed by atoms with Gasteiger partial charge in [-0.25, -0.2) is 10.2 Å². The summed E-state index contributed by atoms with van der Waals surface area (Å²) < 4.78 is 38.2. The van der Waals surface area contributed by atoms with E-state index in [0.29, 0.717) is 5.71 Å². The highest BCUT2D eigenvalue weighted by atomic mass is 19.4. The van der Waals surface area contributed by atoms with Crippen LogP contribution in [0.5, 0.6) is 0 Å². The van der Waals surface area contributed by atoms with Crippen LogP contribution in [0.3, 0.4) is 0 Å². The molecule has 0 radical (unpaired) electrons. The first kappa shape index (κ1) is 14.8. The summed E-state index contributed by atoms with van der Waals surface area (Å²) in [7, 11) is 0. The predicted octanol–water partition coefficient (Wildman–Crippen LogP) is 2.52. The monoisotopic (exact) mass is 300 g/mol. The topological polar surface area (TPSA) is 77.3 Å². The van der Waals surface area contributed by atoms with Gasteiger partial charge in [0.05, 0.1) is 17.8 Å². The molecule has 21 heavy (non-hydrogen) atoms. The zero-order valence-electron chi connectivity index (χ0n) is 10.8. The lowest BCUT2D eigenvalue weighted by molar-refractivity contribution is -0.137.